The van der Waals surface area contributed by atoms with Crippen LogP contribution in [0.2, 0.25) is 0 Å². The zero-order valence-electron chi connectivity index (χ0n) is 29.0. The first-order chi connectivity index (χ1) is 23.5. The van der Waals surface area contributed by atoms with Crippen LogP contribution in [0.5, 0.6) is 0 Å². The molecule has 1 aromatic carbocycles. The van der Waals surface area contributed by atoms with E-state index in [-0.39, 0.29) is 46.7 Å². The minimum Gasteiger partial charge on any atom is -0.343 e. The number of nitrogens with one attached hydrogen (secondary N) is 3. The van der Waals surface area contributed by atoms with Gasteiger partial charge < -0.3 is 20.9 Å². The fourth-order valence-electron chi connectivity index (χ4n) is 8.64. The van der Waals surface area contributed by atoms with Crippen LogP contribution in [-0.4, -0.2) is 87.5 Å². The number of rotatable bonds is 11. The van der Waals surface area contributed by atoms with Gasteiger partial charge in [-0.2, -0.15) is 5.10 Å². The lowest BCUT2D eigenvalue weighted by Crippen LogP contribution is -2.61. The van der Waals surface area contributed by atoms with Gasteiger partial charge in [0.1, 0.15) is 23.6 Å². The average Bonchev–Trinajstić information content (AvgIpc) is 4.06. The highest BCUT2D eigenvalue weighted by atomic mass is 19.1. The number of hydrogen-bond donors (Lipinski definition) is 3. The van der Waals surface area contributed by atoms with Crippen LogP contribution in [0, 0.1) is 17.2 Å². The molecule has 264 valence electrons. The predicted octanol–water partition coefficient (Wildman–Crippen LogP) is 3.98. The Balaban J connectivity index is 1.10. The lowest BCUT2D eigenvalue weighted by molar-refractivity contribution is -0.140. The first-order valence-electron chi connectivity index (χ1n) is 18.2. The maximum atomic E-state index is 16.0. The van der Waals surface area contributed by atoms with Crippen LogP contribution in [0.4, 0.5) is 10.1 Å². The summed E-state index contributed by atoms with van der Waals surface area (Å²) in [5.74, 6) is -1.82. The van der Waals surface area contributed by atoms with Gasteiger partial charge in [-0.1, -0.05) is 19.4 Å². The number of nitrogens with zero attached hydrogens (tertiary/aromatic N) is 4. The topological polar surface area (TPSA) is 129 Å². The Hall–Kier alpha value is -3.80. The van der Waals surface area contributed by atoms with Crippen molar-refractivity contribution >= 4 is 29.3 Å². The van der Waals surface area contributed by atoms with Crippen molar-refractivity contribution in [1.82, 2.24) is 30.2 Å². The van der Waals surface area contributed by atoms with E-state index in [0.717, 1.165) is 57.9 Å². The summed E-state index contributed by atoms with van der Waals surface area (Å²) >= 11 is 0. The third-order valence-corrected chi connectivity index (χ3v) is 12.4. The van der Waals surface area contributed by atoms with E-state index in [1.54, 1.807) is 36.0 Å². The molecule has 0 radical (unpaired) electrons. The number of likely N-dealkylation sites (N-methyl/N-ethyl adjacent to an activating group) is 1. The fraction of sp³-hybridized carbons (Fsp3) is 0.649. The van der Waals surface area contributed by atoms with Gasteiger partial charge in [0, 0.05) is 49.8 Å². The molecular formula is C37H50FN7O4. The molecule has 1 saturated heterocycles. The highest BCUT2D eigenvalue weighted by molar-refractivity contribution is 6.01. The number of carbonyl (C=O) groups is 4. The molecule has 4 aliphatic carbocycles. The molecule has 1 aromatic heterocycles. The number of anilines is 1. The first kappa shape index (κ1) is 33.7. The van der Waals surface area contributed by atoms with Gasteiger partial charge in [0.15, 0.2) is 0 Å². The van der Waals surface area contributed by atoms with Gasteiger partial charge in [0.05, 0.1) is 5.69 Å². The second-order valence-electron chi connectivity index (χ2n) is 15.4. The van der Waals surface area contributed by atoms with Gasteiger partial charge in [0.25, 0.3) is 5.91 Å². The monoisotopic (exact) mass is 675 g/mol. The van der Waals surface area contributed by atoms with E-state index < -0.39 is 29.2 Å². The Morgan fingerprint density at radius 3 is 2.43 bits per heavy atom. The number of piperazine rings is 1. The maximum absolute atomic E-state index is 16.0. The Bertz CT molecular complexity index is 1630. The van der Waals surface area contributed by atoms with Crippen LogP contribution in [-0.2, 0) is 26.3 Å². The van der Waals surface area contributed by atoms with E-state index in [9.17, 15) is 19.2 Å². The number of carbonyl (C=O) groups excluding carboxylic acids is 4. The molecule has 2 aromatic rings. The molecule has 1 aliphatic heterocycles. The lowest BCUT2D eigenvalue weighted by atomic mass is 9.75. The van der Waals surface area contributed by atoms with Crippen LogP contribution >= 0.6 is 0 Å². The average molecular weight is 676 g/mol. The van der Waals surface area contributed by atoms with E-state index in [4.69, 9.17) is 0 Å². The molecule has 11 nitrogen and oxygen atoms in total. The van der Waals surface area contributed by atoms with Crippen molar-refractivity contribution in [1.29, 1.82) is 0 Å². The molecule has 0 bridgehead atoms. The lowest BCUT2D eigenvalue weighted by Gasteiger charge is -2.42. The fourth-order valence-corrected chi connectivity index (χ4v) is 8.64. The minimum atomic E-state index is -0.830. The zero-order valence-corrected chi connectivity index (χ0v) is 29.0. The predicted molar refractivity (Wildman–Crippen MR) is 182 cm³/mol. The number of halogens is 1. The van der Waals surface area contributed by atoms with Crippen molar-refractivity contribution in [3.63, 3.8) is 0 Å². The Morgan fingerprint density at radius 2 is 1.78 bits per heavy atom. The Kier molecular flexibility index (Phi) is 8.82. The van der Waals surface area contributed by atoms with Gasteiger partial charge in [0.2, 0.25) is 17.7 Å². The second-order valence-corrected chi connectivity index (χ2v) is 15.4. The molecule has 49 heavy (non-hydrogen) atoms. The number of hydrogen-bond acceptors (Lipinski definition) is 6. The summed E-state index contributed by atoms with van der Waals surface area (Å²) in [6.45, 7) is 6.18. The smallest absolute Gasteiger partial charge is 0.270 e. The first-order valence-corrected chi connectivity index (χ1v) is 18.2. The van der Waals surface area contributed by atoms with Crippen molar-refractivity contribution in [2.75, 3.05) is 32.0 Å². The maximum Gasteiger partial charge on any atom is 0.270 e. The zero-order chi connectivity index (χ0) is 34.6. The Morgan fingerprint density at radius 1 is 1.00 bits per heavy atom. The molecule has 4 saturated carbocycles. The summed E-state index contributed by atoms with van der Waals surface area (Å²) in [6.07, 6.45) is 11.3. The van der Waals surface area contributed by atoms with Gasteiger partial charge in [-0.3, -0.25) is 28.8 Å². The summed E-state index contributed by atoms with van der Waals surface area (Å²) in [4.78, 5) is 58.4. The van der Waals surface area contributed by atoms with E-state index in [2.05, 4.69) is 33.0 Å². The summed E-state index contributed by atoms with van der Waals surface area (Å²) in [6, 6.07) is 4.73. The summed E-state index contributed by atoms with van der Waals surface area (Å²) in [7, 11) is 2.10. The standard InChI is InChI=1S/C37H50FN7O4/c1-4-29(46)41-31(34(49)44-20-19-43(3)36(23-44)14-15-36)37(16-17-37)25-8-9-27(26(38)21-25)40-33(48)30(24-7-6-11-35(22-24)12-13-35)42-32(47)28-10-18-39-45(28)5-2/h8-10,18,21,24,30-31H,4-7,11-17,19-20,22-23H2,1-3H3,(H,40,48)(H,41,46)(H,42,47)/t24-,30-,31-/m0/s1. The number of aromatic nitrogens is 2. The van der Waals surface area contributed by atoms with Gasteiger partial charge in [-0.05, 0) is 107 Å². The van der Waals surface area contributed by atoms with Gasteiger partial charge >= 0.3 is 0 Å². The van der Waals surface area contributed by atoms with Crippen molar-refractivity contribution in [2.24, 2.45) is 11.3 Å². The molecular weight excluding hydrogens is 625 g/mol. The normalized spacial score (nSPS) is 24.2. The van der Waals surface area contributed by atoms with E-state index in [1.165, 1.54) is 6.07 Å². The van der Waals surface area contributed by atoms with E-state index in [1.807, 2.05) is 11.8 Å². The third kappa shape index (κ3) is 6.48. The van der Waals surface area contributed by atoms with E-state index >= 15 is 4.39 Å². The molecule has 7 rings (SSSR count). The summed E-state index contributed by atoms with van der Waals surface area (Å²) < 4.78 is 17.6. The molecule has 3 atom stereocenters. The molecule has 2 spiro atoms. The van der Waals surface area contributed by atoms with Crippen molar-refractivity contribution in [3.8, 4) is 0 Å². The Labute approximate surface area is 287 Å². The molecule has 5 fully saturated rings. The van der Waals surface area contributed by atoms with Crippen molar-refractivity contribution in [2.45, 2.75) is 114 Å². The highest BCUT2D eigenvalue weighted by Crippen LogP contribution is 2.58. The van der Waals surface area contributed by atoms with Gasteiger partial charge in [-0.15, -0.1) is 0 Å². The van der Waals surface area contributed by atoms with Crippen LogP contribution in [0.25, 0.3) is 0 Å². The molecule has 2 heterocycles. The van der Waals surface area contributed by atoms with Crippen LogP contribution < -0.4 is 16.0 Å². The number of aryl methyl sites for hydroxylation is 1. The molecule has 3 N–H and O–H groups in total. The quantitative estimate of drug-likeness (QED) is 0.331. The highest BCUT2D eigenvalue weighted by Gasteiger charge is 2.57. The third-order valence-electron chi connectivity index (χ3n) is 12.4. The van der Waals surface area contributed by atoms with Crippen molar-refractivity contribution in [3.05, 3.63) is 47.5 Å². The summed E-state index contributed by atoms with van der Waals surface area (Å²) in [5, 5.41) is 13.0. The molecule has 5 aliphatic rings. The molecule has 0 unspecified atom stereocenters. The van der Waals surface area contributed by atoms with E-state index in [0.29, 0.717) is 43.7 Å². The SMILES string of the molecule is CCC(=O)N[C@@H](C(=O)N1CCN(C)C2(CC2)C1)C1(c2ccc(NC(=O)[C@@H](NC(=O)c3ccnn3CC)[C@H]3CCCC4(CC4)C3)c(F)c2)CC1. The number of benzene rings is 1. The van der Waals surface area contributed by atoms with Crippen LogP contribution in [0.3, 0.4) is 0 Å². The minimum absolute atomic E-state index is 0.0227. The second kappa shape index (κ2) is 12.8. The molecule has 12 heteroatoms. The largest absolute Gasteiger partial charge is 0.343 e. The van der Waals surface area contributed by atoms with Crippen LogP contribution in [0.15, 0.2) is 30.5 Å². The van der Waals surface area contributed by atoms with Crippen LogP contribution in [0.1, 0.15) is 101 Å². The van der Waals surface area contributed by atoms with Crippen molar-refractivity contribution < 1.29 is 23.6 Å². The summed E-state index contributed by atoms with van der Waals surface area (Å²) in [5.41, 5.74) is 0.605. The number of amides is 4. The van der Waals surface area contributed by atoms with Gasteiger partial charge in [-0.25, -0.2) is 4.39 Å². The molecule has 4 amide bonds.